The van der Waals surface area contributed by atoms with Crippen molar-refractivity contribution in [3.05, 3.63) is 52.1 Å². The van der Waals surface area contributed by atoms with E-state index < -0.39 is 0 Å². The van der Waals surface area contributed by atoms with E-state index in [9.17, 15) is 4.79 Å². The number of halogens is 2. The second-order valence-electron chi connectivity index (χ2n) is 5.08. The molecule has 0 atom stereocenters. The van der Waals surface area contributed by atoms with Crippen LogP contribution in [0.2, 0.25) is 10.0 Å². The summed E-state index contributed by atoms with van der Waals surface area (Å²) in [5.41, 5.74) is 2.48. The van der Waals surface area contributed by atoms with Crippen LogP contribution in [0.4, 0.5) is 0 Å². The van der Waals surface area contributed by atoms with E-state index in [-0.39, 0.29) is 11.7 Å². The average Bonchev–Trinajstić information content (AvgIpc) is 2.97. The Hall–Kier alpha value is -1.76. The number of nitrogens with one attached hydrogen (secondary N) is 2. The van der Waals surface area contributed by atoms with Gasteiger partial charge in [0.25, 0.3) is 0 Å². The number of hydrogen-bond donors (Lipinski definition) is 2. The Morgan fingerprint density at radius 3 is 2.79 bits per heavy atom. The Morgan fingerprint density at radius 1 is 1.21 bits per heavy atom. The van der Waals surface area contributed by atoms with Crippen molar-refractivity contribution < 1.29 is 4.79 Å². The van der Waals surface area contributed by atoms with E-state index in [1.54, 1.807) is 12.3 Å². The first-order valence-corrected chi connectivity index (χ1v) is 8.99. The van der Waals surface area contributed by atoms with Gasteiger partial charge in [-0.25, -0.2) is 9.97 Å². The van der Waals surface area contributed by atoms with Crippen LogP contribution in [0.15, 0.2) is 41.7 Å². The molecule has 3 aromatic rings. The quantitative estimate of drug-likeness (QED) is 0.639. The topological polar surface area (TPSA) is 70.7 Å². The monoisotopic (exact) mass is 380 g/mol. The highest BCUT2D eigenvalue weighted by Crippen LogP contribution is 2.20. The second kappa shape index (κ2) is 7.88. The highest BCUT2D eigenvalue weighted by atomic mass is 35.5. The molecular weight excluding hydrogens is 367 g/mol. The lowest BCUT2D eigenvalue weighted by Crippen LogP contribution is -2.27. The zero-order valence-corrected chi connectivity index (χ0v) is 14.9. The molecule has 0 spiro atoms. The summed E-state index contributed by atoms with van der Waals surface area (Å²) in [7, 11) is 0. The highest BCUT2D eigenvalue weighted by Gasteiger charge is 2.08. The number of imidazole rings is 1. The number of hydrogen-bond acceptors (Lipinski definition) is 4. The molecule has 2 aromatic heterocycles. The molecule has 0 bridgehead atoms. The van der Waals surface area contributed by atoms with Gasteiger partial charge in [-0.1, -0.05) is 47.1 Å². The van der Waals surface area contributed by atoms with Crippen molar-refractivity contribution in [1.82, 2.24) is 20.3 Å². The SMILES string of the molecule is O=C(CSc1nc2ncc(Cl)cc2[nH]1)NCCc1ccc(Cl)cc1. The van der Waals surface area contributed by atoms with Crippen LogP contribution in [-0.2, 0) is 11.2 Å². The molecule has 0 saturated carbocycles. The number of thioether (sulfide) groups is 1. The molecule has 0 aliphatic carbocycles. The third-order valence-corrected chi connectivity index (χ3v) is 4.60. The maximum Gasteiger partial charge on any atom is 0.230 e. The maximum atomic E-state index is 11.9. The number of nitrogens with zero attached hydrogens (tertiary/aromatic N) is 2. The minimum absolute atomic E-state index is 0.0413. The van der Waals surface area contributed by atoms with Gasteiger partial charge in [0.2, 0.25) is 5.91 Å². The summed E-state index contributed by atoms with van der Waals surface area (Å²) in [4.78, 5) is 23.4. The number of carbonyl (C=O) groups is 1. The van der Waals surface area contributed by atoms with Gasteiger partial charge in [0.1, 0.15) is 0 Å². The van der Waals surface area contributed by atoms with E-state index in [1.807, 2.05) is 24.3 Å². The van der Waals surface area contributed by atoms with Crippen LogP contribution in [0.5, 0.6) is 0 Å². The normalized spacial score (nSPS) is 10.9. The smallest absolute Gasteiger partial charge is 0.230 e. The molecule has 0 unspecified atom stereocenters. The van der Waals surface area contributed by atoms with E-state index in [0.717, 1.165) is 17.5 Å². The van der Waals surface area contributed by atoms with Gasteiger partial charge in [-0.2, -0.15) is 0 Å². The Morgan fingerprint density at radius 2 is 2.00 bits per heavy atom. The summed E-state index contributed by atoms with van der Waals surface area (Å²) in [5, 5.41) is 4.79. The third kappa shape index (κ3) is 4.63. The number of aromatic amines is 1. The molecule has 3 rings (SSSR count). The van der Waals surface area contributed by atoms with Gasteiger partial charge in [-0.05, 0) is 30.2 Å². The van der Waals surface area contributed by atoms with Crippen LogP contribution < -0.4 is 5.32 Å². The minimum atomic E-state index is -0.0413. The van der Waals surface area contributed by atoms with Crippen molar-refractivity contribution in [2.24, 2.45) is 0 Å². The van der Waals surface area contributed by atoms with E-state index >= 15 is 0 Å². The molecule has 124 valence electrons. The standard InChI is InChI=1S/C16H14Cl2N4OS/c17-11-3-1-10(2-4-11)5-6-19-14(23)9-24-16-21-13-7-12(18)8-20-15(13)22-16/h1-4,7-8H,5-6,9H2,(H,19,23)(H,20,21,22). The number of H-pyrrole nitrogens is 1. The molecule has 0 saturated heterocycles. The predicted octanol–water partition coefficient (Wildman–Crippen LogP) is 3.72. The number of pyridine rings is 1. The molecule has 2 heterocycles. The summed E-state index contributed by atoms with van der Waals surface area (Å²) < 4.78 is 0. The lowest BCUT2D eigenvalue weighted by Gasteiger charge is -2.04. The summed E-state index contributed by atoms with van der Waals surface area (Å²) in [6, 6.07) is 9.35. The number of rotatable bonds is 6. The molecule has 1 amide bonds. The molecular formula is C16H14Cl2N4OS. The average molecular weight is 381 g/mol. The third-order valence-electron chi connectivity index (χ3n) is 3.27. The zero-order chi connectivity index (χ0) is 16.9. The largest absolute Gasteiger partial charge is 0.355 e. The molecule has 0 fully saturated rings. The molecule has 0 aliphatic rings. The summed E-state index contributed by atoms with van der Waals surface area (Å²) in [6.45, 7) is 0.582. The van der Waals surface area contributed by atoms with Gasteiger partial charge in [0, 0.05) is 17.8 Å². The summed E-state index contributed by atoms with van der Waals surface area (Å²) >= 11 is 13.1. The van der Waals surface area contributed by atoms with E-state index in [2.05, 4.69) is 20.3 Å². The highest BCUT2D eigenvalue weighted by molar-refractivity contribution is 7.99. The Kier molecular flexibility index (Phi) is 5.60. The van der Waals surface area contributed by atoms with Crippen LogP contribution in [0, 0.1) is 0 Å². The minimum Gasteiger partial charge on any atom is -0.355 e. The van der Waals surface area contributed by atoms with E-state index in [1.165, 1.54) is 11.8 Å². The fraction of sp³-hybridized carbons (Fsp3) is 0.188. The van der Waals surface area contributed by atoms with Crippen molar-refractivity contribution in [1.29, 1.82) is 0 Å². The van der Waals surface area contributed by atoms with Crippen LogP contribution in [-0.4, -0.2) is 33.2 Å². The number of aromatic nitrogens is 3. The van der Waals surface area contributed by atoms with Crippen molar-refractivity contribution in [2.45, 2.75) is 11.6 Å². The first kappa shape index (κ1) is 17.1. The van der Waals surface area contributed by atoms with Gasteiger partial charge in [0.05, 0.1) is 16.3 Å². The number of fused-ring (bicyclic) bond motifs is 1. The van der Waals surface area contributed by atoms with Crippen molar-refractivity contribution in [2.75, 3.05) is 12.3 Å². The van der Waals surface area contributed by atoms with Gasteiger partial charge in [0.15, 0.2) is 10.8 Å². The van der Waals surface area contributed by atoms with Crippen LogP contribution in [0.1, 0.15) is 5.56 Å². The lowest BCUT2D eigenvalue weighted by atomic mass is 10.1. The fourth-order valence-electron chi connectivity index (χ4n) is 2.10. The van der Waals surface area contributed by atoms with Crippen LogP contribution in [0.3, 0.4) is 0 Å². The lowest BCUT2D eigenvalue weighted by molar-refractivity contribution is -0.118. The Balaban J connectivity index is 1.45. The van der Waals surface area contributed by atoms with Gasteiger partial charge in [-0.3, -0.25) is 4.79 Å². The first-order valence-electron chi connectivity index (χ1n) is 7.25. The molecule has 0 radical (unpaired) electrons. The zero-order valence-electron chi connectivity index (χ0n) is 12.6. The number of carbonyl (C=O) groups excluding carboxylic acids is 1. The van der Waals surface area contributed by atoms with E-state index in [0.29, 0.717) is 27.4 Å². The van der Waals surface area contributed by atoms with Gasteiger partial charge < -0.3 is 10.3 Å². The Bertz CT molecular complexity index is 851. The second-order valence-corrected chi connectivity index (χ2v) is 6.92. The summed E-state index contributed by atoms with van der Waals surface area (Å²) in [6.07, 6.45) is 2.31. The molecule has 0 aliphatic heterocycles. The van der Waals surface area contributed by atoms with Gasteiger partial charge in [-0.15, -0.1) is 0 Å². The van der Waals surface area contributed by atoms with Crippen molar-refractivity contribution in [3.8, 4) is 0 Å². The molecule has 1 aromatic carbocycles. The maximum absolute atomic E-state index is 11.9. The fourth-order valence-corrected chi connectivity index (χ4v) is 3.09. The van der Waals surface area contributed by atoms with Crippen LogP contribution >= 0.6 is 35.0 Å². The molecule has 8 heteroatoms. The number of benzene rings is 1. The van der Waals surface area contributed by atoms with E-state index in [4.69, 9.17) is 23.2 Å². The number of amides is 1. The molecule has 2 N–H and O–H groups in total. The first-order chi connectivity index (χ1) is 11.6. The Labute approximate surface area is 153 Å². The van der Waals surface area contributed by atoms with Crippen molar-refractivity contribution in [3.63, 3.8) is 0 Å². The van der Waals surface area contributed by atoms with Crippen molar-refractivity contribution >= 4 is 52.0 Å². The predicted molar refractivity (Wildman–Crippen MR) is 97.8 cm³/mol. The molecule has 24 heavy (non-hydrogen) atoms. The van der Waals surface area contributed by atoms with Gasteiger partial charge >= 0.3 is 0 Å². The van der Waals surface area contributed by atoms with Crippen LogP contribution in [0.25, 0.3) is 11.2 Å². The molecule has 5 nitrogen and oxygen atoms in total. The summed E-state index contributed by atoms with van der Waals surface area (Å²) in [5.74, 6) is 0.245.